The number of hydrogen-bond acceptors (Lipinski definition) is 3. The summed E-state index contributed by atoms with van der Waals surface area (Å²) in [5, 5.41) is 5.87. The van der Waals surface area contributed by atoms with Gasteiger partial charge in [-0.05, 0) is 37.8 Å². The number of benzene rings is 1. The minimum absolute atomic E-state index is 1.13. The Labute approximate surface area is 114 Å². The summed E-state index contributed by atoms with van der Waals surface area (Å²) in [6.45, 7) is 4.40. The van der Waals surface area contributed by atoms with Gasteiger partial charge in [-0.25, -0.2) is 4.98 Å². The summed E-state index contributed by atoms with van der Waals surface area (Å²) in [5.41, 5.74) is 2.43. The van der Waals surface area contributed by atoms with Crippen LogP contribution in [0.1, 0.15) is 24.8 Å². The van der Waals surface area contributed by atoms with Gasteiger partial charge in [0.1, 0.15) is 5.82 Å². The molecule has 0 saturated carbocycles. The summed E-state index contributed by atoms with van der Waals surface area (Å²) in [6, 6.07) is 6.44. The topological polar surface area (TPSA) is 28.2 Å². The molecule has 3 heteroatoms. The molecule has 3 nitrogen and oxygen atoms in total. The predicted molar refractivity (Wildman–Crippen MR) is 82.1 cm³/mol. The zero-order chi connectivity index (χ0) is 13.2. The SMILES string of the molecule is CNc1cccc2c(N3CCCCC3)ncc(C)c12. The zero-order valence-electron chi connectivity index (χ0n) is 11.7. The fraction of sp³-hybridized carbons (Fsp3) is 0.438. The van der Waals surface area contributed by atoms with E-state index >= 15 is 0 Å². The van der Waals surface area contributed by atoms with Crippen LogP contribution in [0.15, 0.2) is 24.4 Å². The maximum atomic E-state index is 4.70. The Morgan fingerprint density at radius 3 is 2.68 bits per heavy atom. The molecule has 19 heavy (non-hydrogen) atoms. The number of rotatable bonds is 2. The van der Waals surface area contributed by atoms with E-state index in [0.717, 1.165) is 18.9 Å². The molecule has 0 unspecified atom stereocenters. The summed E-state index contributed by atoms with van der Waals surface area (Å²) < 4.78 is 0. The van der Waals surface area contributed by atoms with Crippen molar-refractivity contribution in [3.63, 3.8) is 0 Å². The Morgan fingerprint density at radius 1 is 1.16 bits per heavy atom. The molecule has 1 N–H and O–H groups in total. The van der Waals surface area contributed by atoms with Crippen LogP contribution in [0, 0.1) is 6.92 Å². The van der Waals surface area contributed by atoms with Crippen molar-refractivity contribution < 1.29 is 0 Å². The van der Waals surface area contributed by atoms with Crippen LogP contribution in [0.25, 0.3) is 10.8 Å². The molecule has 0 bridgehead atoms. The standard InChI is InChI=1S/C16H21N3/c1-12-11-18-16(19-9-4-3-5-10-19)13-7-6-8-14(17-2)15(12)13/h6-8,11,17H,3-5,9-10H2,1-2H3. The van der Waals surface area contributed by atoms with E-state index in [2.05, 4.69) is 35.3 Å². The Kier molecular flexibility index (Phi) is 3.28. The third kappa shape index (κ3) is 2.14. The van der Waals surface area contributed by atoms with Gasteiger partial charge in [-0.15, -0.1) is 0 Å². The number of anilines is 2. The molecule has 1 aromatic carbocycles. The fourth-order valence-corrected chi connectivity index (χ4v) is 3.02. The fourth-order valence-electron chi connectivity index (χ4n) is 3.02. The third-order valence-corrected chi connectivity index (χ3v) is 4.01. The molecule has 3 rings (SSSR count). The van der Waals surface area contributed by atoms with Gasteiger partial charge in [0.2, 0.25) is 0 Å². The zero-order valence-corrected chi connectivity index (χ0v) is 11.7. The van der Waals surface area contributed by atoms with Crippen LogP contribution in [-0.2, 0) is 0 Å². The van der Waals surface area contributed by atoms with Crippen LogP contribution in [0.4, 0.5) is 11.5 Å². The van der Waals surface area contributed by atoms with Gasteiger partial charge < -0.3 is 10.2 Å². The van der Waals surface area contributed by atoms with Gasteiger partial charge in [0.25, 0.3) is 0 Å². The largest absolute Gasteiger partial charge is 0.388 e. The minimum atomic E-state index is 1.13. The first-order valence-corrected chi connectivity index (χ1v) is 7.12. The van der Waals surface area contributed by atoms with E-state index in [0.29, 0.717) is 0 Å². The molecular weight excluding hydrogens is 234 g/mol. The van der Waals surface area contributed by atoms with Crippen molar-refractivity contribution in [3.05, 3.63) is 30.0 Å². The highest BCUT2D eigenvalue weighted by Gasteiger charge is 2.16. The number of nitrogens with zero attached hydrogens (tertiary/aromatic N) is 2. The van der Waals surface area contributed by atoms with Gasteiger partial charge in [-0.3, -0.25) is 0 Å². The number of piperidine rings is 1. The molecule has 0 aliphatic carbocycles. The van der Waals surface area contributed by atoms with Crippen LogP contribution in [0.5, 0.6) is 0 Å². The minimum Gasteiger partial charge on any atom is -0.388 e. The van der Waals surface area contributed by atoms with Gasteiger partial charge in [-0.2, -0.15) is 0 Å². The average molecular weight is 255 g/mol. The van der Waals surface area contributed by atoms with Gasteiger partial charge in [0.15, 0.2) is 0 Å². The molecular formula is C16H21N3. The third-order valence-electron chi connectivity index (χ3n) is 4.01. The van der Waals surface area contributed by atoms with E-state index in [4.69, 9.17) is 4.98 Å². The van der Waals surface area contributed by atoms with Crippen LogP contribution >= 0.6 is 0 Å². The molecule has 0 amide bonds. The summed E-state index contributed by atoms with van der Waals surface area (Å²) in [7, 11) is 1.98. The van der Waals surface area contributed by atoms with Crippen molar-refractivity contribution in [1.29, 1.82) is 0 Å². The quantitative estimate of drug-likeness (QED) is 0.889. The molecule has 0 radical (unpaired) electrons. The van der Waals surface area contributed by atoms with Crippen LogP contribution in [-0.4, -0.2) is 25.1 Å². The monoisotopic (exact) mass is 255 g/mol. The van der Waals surface area contributed by atoms with E-state index in [1.54, 1.807) is 0 Å². The highest BCUT2D eigenvalue weighted by Crippen LogP contribution is 2.33. The van der Waals surface area contributed by atoms with Crippen LogP contribution < -0.4 is 10.2 Å². The lowest BCUT2D eigenvalue weighted by Crippen LogP contribution is -2.30. The lowest BCUT2D eigenvalue weighted by Gasteiger charge is -2.29. The number of nitrogens with one attached hydrogen (secondary N) is 1. The number of aromatic nitrogens is 1. The molecule has 1 aromatic heterocycles. The van der Waals surface area contributed by atoms with Gasteiger partial charge in [0, 0.05) is 42.8 Å². The van der Waals surface area contributed by atoms with Gasteiger partial charge in [-0.1, -0.05) is 12.1 Å². The summed E-state index contributed by atoms with van der Waals surface area (Å²) in [6.07, 6.45) is 5.92. The molecule has 2 heterocycles. The van der Waals surface area contributed by atoms with Crippen molar-refractivity contribution in [2.45, 2.75) is 26.2 Å². The Hall–Kier alpha value is -1.77. The molecule has 1 saturated heterocycles. The first-order valence-electron chi connectivity index (χ1n) is 7.12. The van der Waals surface area contributed by atoms with Crippen LogP contribution in [0.3, 0.4) is 0 Å². The van der Waals surface area contributed by atoms with E-state index < -0.39 is 0 Å². The smallest absolute Gasteiger partial charge is 0.136 e. The molecule has 100 valence electrons. The molecule has 2 aromatic rings. The first kappa shape index (κ1) is 12.3. The second-order valence-corrected chi connectivity index (χ2v) is 5.29. The first-order chi connectivity index (χ1) is 9.31. The second kappa shape index (κ2) is 5.08. The maximum Gasteiger partial charge on any atom is 0.136 e. The maximum absolute atomic E-state index is 4.70. The highest BCUT2D eigenvalue weighted by atomic mass is 15.2. The summed E-state index contributed by atoms with van der Waals surface area (Å²) in [4.78, 5) is 7.14. The van der Waals surface area contributed by atoms with E-state index in [9.17, 15) is 0 Å². The second-order valence-electron chi connectivity index (χ2n) is 5.29. The van der Waals surface area contributed by atoms with Crippen molar-refractivity contribution in [3.8, 4) is 0 Å². The van der Waals surface area contributed by atoms with E-state index in [1.165, 1.54) is 41.3 Å². The van der Waals surface area contributed by atoms with Gasteiger partial charge in [0.05, 0.1) is 0 Å². The predicted octanol–water partition coefficient (Wildman–Crippen LogP) is 3.58. The number of fused-ring (bicyclic) bond motifs is 1. The molecule has 1 aliphatic heterocycles. The van der Waals surface area contributed by atoms with Crippen molar-refractivity contribution in [2.24, 2.45) is 0 Å². The Morgan fingerprint density at radius 2 is 1.95 bits per heavy atom. The highest BCUT2D eigenvalue weighted by molar-refractivity contribution is 6.02. The molecule has 1 fully saturated rings. The lowest BCUT2D eigenvalue weighted by molar-refractivity contribution is 0.575. The summed E-state index contributed by atoms with van der Waals surface area (Å²) in [5.74, 6) is 1.15. The molecule has 0 spiro atoms. The molecule has 0 atom stereocenters. The van der Waals surface area contributed by atoms with Crippen molar-refractivity contribution in [1.82, 2.24) is 4.98 Å². The Balaban J connectivity index is 2.17. The van der Waals surface area contributed by atoms with E-state index in [1.807, 2.05) is 13.2 Å². The normalized spacial score (nSPS) is 15.8. The summed E-state index contributed by atoms with van der Waals surface area (Å²) >= 11 is 0. The number of hydrogen-bond donors (Lipinski definition) is 1. The lowest BCUT2D eigenvalue weighted by atomic mass is 10.0. The number of pyridine rings is 1. The van der Waals surface area contributed by atoms with Crippen molar-refractivity contribution in [2.75, 3.05) is 30.4 Å². The van der Waals surface area contributed by atoms with Crippen molar-refractivity contribution >= 4 is 22.3 Å². The average Bonchev–Trinajstić information content (AvgIpc) is 2.48. The molecule has 1 aliphatic rings. The Bertz CT molecular complexity index is 586. The van der Waals surface area contributed by atoms with E-state index in [-0.39, 0.29) is 0 Å². The van der Waals surface area contributed by atoms with Crippen LogP contribution in [0.2, 0.25) is 0 Å². The number of aryl methyl sites for hydroxylation is 1. The van der Waals surface area contributed by atoms with Gasteiger partial charge >= 0.3 is 0 Å².